The SMILES string of the molecule is C.NCCC(O)C1CCCC1.[C-]#[N+]CC(O)C1CCCC1. The minimum absolute atomic E-state index is 0. The Labute approximate surface area is 130 Å². The molecule has 0 heterocycles. The van der Waals surface area contributed by atoms with Crippen molar-refractivity contribution in [3.63, 3.8) is 0 Å². The van der Waals surface area contributed by atoms with E-state index in [-0.39, 0.29) is 19.6 Å². The molecular formula is C17H34N2O2. The summed E-state index contributed by atoms with van der Waals surface area (Å²) in [4.78, 5) is 3.18. The number of nitrogens with zero attached hydrogens (tertiary/aromatic N) is 1. The van der Waals surface area contributed by atoms with Crippen molar-refractivity contribution in [2.75, 3.05) is 13.1 Å². The fraction of sp³-hybridized carbons (Fsp3) is 0.941. The first kappa shape index (κ1) is 20.4. The monoisotopic (exact) mass is 298 g/mol. The first-order valence-corrected chi connectivity index (χ1v) is 8.08. The van der Waals surface area contributed by atoms with Crippen LogP contribution in [0.15, 0.2) is 0 Å². The second-order valence-electron chi connectivity index (χ2n) is 6.14. The maximum atomic E-state index is 9.47. The Hall–Kier alpha value is -0.630. The third-order valence-electron chi connectivity index (χ3n) is 4.63. The van der Waals surface area contributed by atoms with E-state index >= 15 is 0 Å². The summed E-state index contributed by atoms with van der Waals surface area (Å²) in [5, 5.41) is 18.8. The van der Waals surface area contributed by atoms with Crippen molar-refractivity contribution in [2.24, 2.45) is 17.6 Å². The van der Waals surface area contributed by atoms with Crippen LogP contribution in [0.5, 0.6) is 0 Å². The van der Waals surface area contributed by atoms with Gasteiger partial charge >= 0.3 is 0 Å². The number of hydrogen-bond acceptors (Lipinski definition) is 3. The molecule has 4 heteroatoms. The molecule has 0 aromatic carbocycles. The maximum Gasteiger partial charge on any atom is 0.240 e. The fourth-order valence-electron chi connectivity index (χ4n) is 3.33. The third-order valence-corrected chi connectivity index (χ3v) is 4.63. The van der Waals surface area contributed by atoms with Gasteiger partial charge in [0.15, 0.2) is 0 Å². The molecule has 2 aliphatic rings. The van der Waals surface area contributed by atoms with Crippen molar-refractivity contribution < 1.29 is 10.2 Å². The lowest BCUT2D eigenvalue weighted by Crippen LogP contribution is -2.21. The molecule has 2 fully saturated rings. The zero-order chi connectivity index (χ0) is 14.8. The van der Waals surface area contributed by atoms with Gasteiger partial charge in [-0.25, -0.2) is 6.57 Å². The van der Waals surface area contributed by atoms with Gasteiger partial charge in [-0.3, -0.25) is 0 Å². The second kappa shape index (κ2) is 12.0. The van der Waals surface area contributed by atoms with Crippen LogP contribution in [0.3, 0.4) is 0 Å². The van der Waals surface area contributed by atoms with Crippen LogP contribution in [-0.4, -0.2) is 35.5 Å². The van der Waals surface area contributed by atoms with Gasteiger partial charge < -0.3 is 20.8 Å². The van der Waals surface area contributed by atoms with Gasteiger partial charge in [0.1, 0.15) is 6.10 Å². The molecule has 0 aromatic heterocycles. The van der Waals surface area contributed by atoms with E-state index in [2.05, 4.69) is 4.85 Å². The van der Waals surface area contributed by atoms with Crippen molar-refractivity contribution >= 4 is 0 Å². The summed E-state index contributed by atoms with van der Waals surface area (Å²) in [5.74, 6) is 0.984. The van der Waals surface area contributed by atoms with Crippen LogP contribution in [0, 0.1) is 18.4 Å². The highest BCUT2D eigenvalue weighted by molar-refractivity contribution is 4.79. The van der Waals surface area contributed by atoms with Crippen molar-refractivity contribution in [1.29, 1.82) is 0 Å². The Kier molecular flexibility index (Phi) is 11.6. The highest BCUT2D eigenvalue weighted by atomic mass is 16.3. The first-order valence-electron chi connectivity index (χ1n) is 8.08. The molecule has 0 bridgehead atoms. The average molecular weight is 298 g/mol. The molecule has 4 nitrogen and oxygen atoms in total. The van der Waals surface area contributed by atoms with E-state index in [4.69, 9.17) is 12.3 Å². The molecule has 0 aliphatic heterocycles. The third kappa shape index (κ3) is 7.80. The van der Waals surface area contributed by atoms with E-state index in [9.17, 15) is 10.2 Å². The van der Waals surface area contributed by atoms with Crippen LogP contribution in [0.4, 0.5) is 0 Å². The summed E-state index contributed by atoms with van der Waals surface area (Å²) in [6.45, 7) is 7.48. The lowest BCUT2D eigenvalue weighted by atomic mass is 9.98. The van der Waals surface area contributed by atoms with Gasteiger partial charge in [0.2, 0.25) is 6.54 Å². The molecule has 0 radical (unpaired) electrons. The molecule has 21 heavy (non-hydrogen) atoms. The van der Waals surface area contributed by atoms with Gasteiger partial charge in [-0.05, 0) is 50.5 Å². The molecular weight excluding hydrogens is 264 g/mol. The van der Waals surface area contributed by atoms with E-state index in [1.165, 1.54) is 38.5 Å². The Bertz CT molecular complexity index is 279. The minimum Gasteiger partial charge on any atom is -0.393 e. The average Bonchev–Trinajstić information content (AvgIpc) is 3.14. The summed E-state index contributed by atoms with van der Waals surface area (Å²) in [7, 11) is 0. The molecule has 0 spiro atoms. The van der Waals surface area contributed by atoms with E-state index in [0.29, 0.717) is 24.9 Å². The first-order chi connectivity index (χ1) is 9.69. The van der Waals surface area contributed by atoms with Crippen molar-refractivity contribution in [1.82, 2.24) is 0 Å². The summed E-state index contributed by atoms with van der Waals surface area (Å²) in [6, 6.07) is 0. The molecule has 124 valence electrons. The van der Waals surface area contributed by atoms with Gasteiger partial charge in [0, 0.05) is 0 Å². The van der Waals surface area contributed by atoms with Crippen LogP contribution < -0.4 is 5.73 Å². The molecule has 2 atom stereocenters. The highest BCUT2D eigenvalue weighted by Crippen LogP contribution is 2.28. The number of hydrogen-bond donors (Lipinski definition) is 3. The second-order valence-corrected chi connectivity index (χ2v) is 6.14. The van der Waals surface area contributed by atoms with Crippen LogP contribution in [0.25, 0.3) is 4.85 Å². The predicted molar refractivity (Wildman–Crippen MR) is 87.8 cm³/mol. The zero-order valence-electron chi connectivity index (χ0n) is 12.5. The highest BCUT2D eigenvalue weighted by Gasteiger charge is 2.24. The van der Waals surface area contributed by atoms with E-state index < -0.39 is 0 Å². The summed E-state index contributed by atoms with van der Waals surface area (Å²) < 4.78 is 0. The van der Waals surface area contributed by atoms with Crippen LogP contribution in [0.1, 0.15) is 65.2 Å². The zero-order valence-corrected chi connectivity index (χ0v) is 12.5. The van der Waals surface area contributed by atoms with Crippen LogP contribution in [-0.2, 0) is 0 Å². The van der Waals surface area contributed by atoms with Crippen molar-refractivity contribution in [2.45, 2.75) is 77.4 Å². The Morgan fingerprint density at radius 2 is 1.38 bits per heavy atom. The molecule has 2 aliphatic carbocycles. The van der Waals surface area contributed by atoms with Crippen molar-refractivity contribution in [3.8, 4) is 0 Å². The molecule has 2 saturated carbocycles. The lowest BCUT2D eigenvalue weighted by molar-refractivity contribution is 0.104. The Balaban J connectivity index is 0.000000364. The number of aliphatic hydroxyl groups excluding tert-OH is 2. The van der Waals surface area contributed by atoms with Gasteiger partial charge in [-0.2, -0.15) is 0 Å². The number of aliphatic hydroxyl groups is 2. The molecule has 0 amide bonds. The molecule has 2 unspecified atom stereocenters. The summed E-state index contributed by atoms with van der Waals surface area (Å²) >= 11 is 0. The number of nitrogens with two attached hydrogens (primary N) is 1. The molecule has 0 saturated heterocycles. The normalized spacial score (nSPS) is 21.8. The van der Waals surface area contributed by atoms with E-state index in [1.54, 1.807) is 0 Å². The van der Waals surface area contributed by atoms with E-state index in [0.717, 1.165) is 19.3 Å². The molecule has 0 aromatic rings. The molecule has 2 rings (SSSR count). The Morgan fingerprint density at radius 1 is 0.952 bits per heavy atom. The minimum atomic E-state index is -0.347. The largest absolute Gasteiger partial charge is 0.393 e. The van der Waals surface area contributed by atoms with Gasteiger partial charge in [-0.15, -0.1) is 0 Å². The quantitative estimate of drug-likeness (QED) is 0.683. The summed E-state index contributed by atoms with van der Waals surface area (Å²) in [6.07, 6.45) is 10.0. The smallest absolute Gasteiger partial charge is 0.240 e. The number of rotatable bonds is 5. The lowest BCUT2D eigenvalue weighted by Gasteiger charge is -2.15. The van der Waals surface area contributed by atoms with E-state index in [1.807, 2.05) is 0 Å². The van der Waals surface area contributed by atoms with Crippen LogP contribution >= 0.6 is 0 Å². The van der Waals surface area contributed by atoms with Crippen molar-refractivity contribution in [3.05, 3.63) is 11.4 Å². The fourth-order valence-corrected chi connectivity index (χ4v) is 3.33. The topological polar surface area (TPSA) is 70.8 Å². The molecule has 4 N–H and O–H groups in total. The predicted octanol–water partition coefficient (Wildman–Crippen LogP) is 2.98. The van der Waals surface area contributed by atoms with Gasteiger partial charge in [0.25, 0.3) is 0 Å². The summed E-state index contributed by atoms with van der Waals surface area (Å²) in [5.41, 5.74) is 5.34. The Morgan fingerprint density at radius 3 is 1.76 bits per heavy atom. The van der Waals surface area contributed by atoms with Gasteiger partial charge in [-0.1, -0.05) is 33.1 Å². The standard InChI is InChI=1S/C8H13NO.C8H17NO.CH4/c1-9-6-8(10)7-4-2-3-5-7;9-6-5-8(10)7-3-1-2-4-7;/h7-8,10H,2-6H2;7-8,10H,1-6,9H2;1H4. The van der Waals surface area contributed by atoms with Crippen LogP contribution in [0.2, 0.25) is 0 Å². The maximum absolute atomic E-state index is 9.47. The van der Waals surface area contributed by atoms with Gasteiger partial charge in [0.05, 0.1) is 6.10 Å².